The minimum absolute atomic E-state index is 0.449. The third-order valence-corrected chi connectivity index (χ3v) is 4.21. The van der Waals surface area contributed by atoms with E-state index < -0.39 is 6.10 Å². The Bertz CT molecular complexity index is 783. The van der Waals surface area contributed by atoms with Crippen molar-refractivity contribution in [3.05, 3.63) is 68.3 Å². The maximum absolute atomic E-state index is 10.5. The van der Waals surface area contributed by atoms with Crippen LogP contribution in [0.5, 0.6) is 0 Å². The highest BCUT2D eigenvalue weighted by molar-refractivity contribution is 9.10. The van der Waals surface area contributed by atoms with Crippen LogP contribution >= 0.6 is 39.1 Å². The number of hydrogen-bond donors (Lipinski definition) is 1. The standard InChI is InChI=1S/C15H9BrCl2O2/c16-12-3-1-10(18)7-11(12)15(19)14-6-8-5-9(17)2-4-13(8)20-14/h1-7,15,19H. The Morgan fingerprint density at radius 3 is 2.50 bits per heavy atom. The van der Waals surface area contributed by atoms with Crippen molar-refractivity contribution < 1.29 is 9.52 Å². The zero-order chi connectivity index (χ0) is 14.3. The second-order valence-electron chi connectivity index (χ2n) is 4.40. The van der Waals surface area contributed by atoms with Crippen molar-refractivity contribution in [2.45, 2.75) is 6.10 Å². The lowest BCUT2D eigenvalue weighted by atomic mass is 10.1. The number of hydrogen-bond acceptors (Lipinski definition) is 2. The first kappa shape index (κ1) is 14.0. The van der Waals surface area contributed by atoms with E-state index in [0.29, 0.717) is 27.0 Å². The average molecular weight is 372 g/mol. The molecule has 5 heteroatoms. The molecule has 2 nitrogen and oxygen atoms in total. The van der Waals surface area contributed by atoms with Gasteiger partial charge in [0.1, 0.15) is 17.4 Å². The van der Waals surface area contributed by atoms with Crippen molar-refractivity contribution in [2.75, 3.05) is 0 Å². The molecule has 1 atom stereocenters. The Hall–Kier alpha value is -1.000. The molecule has 0 spiro atoms. The Balaban J connectivity index is 2.07. The van der Waals surface area contributed by atoms with Crippen LogP contribution in [-0.4, -0.2) is 5.11 Å². The predicted molar refractivity (Wildman–Crippen MR) is 84.4 cm³/mol. The Morgan fingerprint density at radius 2 is 1.70 bits per heavy atom. The second kappa shape index (κ2) is 5.41. The summed E-state index contributed by atoms with van der Waals surface area (Å²) >= 11 is 15.3. The molecule has 0 bridgehead atoms. The van der Waals surface area contributed by atoms with Gasteiger partial charge in [-0.15, -0.1) is 0 Å². The molecular weight excluding hydrogens is 363 g/mol. The molecule has 0 saturated heterocycles. The summed E-state index contributed by atoms with van der Waals surface area (Å²) in [5.41, 5.74) is 1.34. The maximum Gasteiger partial charge on any atom is 0.138 e. The van der Waals surface area contributed by atoms with Gasteiger partial charge in [0.25, 0.3) is 0 Å². The number of rotatable bonds is 2. The summed E-state index contributed by atoms with van der Waals surface area (Å²) in [6.45, 7) is 0. The highest BCUT2D eigenvalue weighted by atomic mass is 79.9. The van der Waals surface area contributed by atoms with Gasteiger partial charge in [0.2, 0.25) is 0 Å². The SMILES string of the molecule is OC(c1cc2cc(Cl)ccc2o1)c1cc(Cl)ccc1Br. The fraction of sp³-hybridized carbons (Fsp3) is 0.0667. The van der Waals surface area contributed by atoms with Gasteiger partial charge in [-0.25, -0.2) is 0 Å². The van der Waals surface area contributed by atoms with E-state index in [1.54, 1.807) is 42.5 Å². The van der Waals surface area contributed by atoms with E-state index in [1.165, 1.54) is 0 Å². The number of furan rings is 1. The molecule has 0 aliphatic carbocycles. The van der Waals surface area contributed by atoms with E-state index >= 15 is 0 Å². The van der Waals surface area contributed by atoms with Crippen LogP contribution in [0.2, 0.25) is 10.0 Å². The normalized spacial score (nSPS) is 12.8. The lowest BCUT2D eigenvalue weighted by molar-refractivity contribution is 0.191. The molecule has 102 valence electrons. The van der Waals surface area contributed by atoms with Crippen molar-refractivity contribution in [3.63, 3.8) is 0 Å². The van der Waals surface area contributed by atoms with Gasteiger partial charge < -0.3 is 9.52 Å². The second-order valence-corrected chi connectivity index (χ2v) is 6.13. The molecular formula is C15H9BrCl2O2. The molecule has 2 aromatic carbocycles. The number of fused-ring (bicyclic) bond motifs is 1. The van der Waals surface area contributed by atoms with Crippen LogP contribution < -0.4 is 0 Å². The van der Waals surface area contributed by atoms with Gasteiger partial charge in [-0.05, 0) is 42.5 Å². The summed E-state index contributed by atoms with van der Waals surface area (Å²) in [5, 5.41) is 12.5. The van der Waals surface area contributed by atoms with Crippen LogP contribution in [0.1, 0.15) is 17.4 Å². The van der Waals surface area contributed by atoms with E-state index in [4.69, 9.17) is 27.6 Å². The van der Waals surface area contributed by atoms with Crippen LogP contribution in [0.4, 0.5) is 0 Å². The Morgan fingerprint density at radius 1 is 1.00 bits per heavy atom. The van der Waals surface area contributed by atoms with Crippen molar-refractivity contribution in [1.82, 2.24) is 0 Å². The molecule has 1 N–H and O–H groups in total. The van der Waals surface area contributed by atoms with Gasteiger partial charge in [-0.1, -0.05) is 39.1 Å². The van der Waals surface area contributed by atoms with Gasteiger partial charge in [0, 0.05) is 25.5 Å². The van der Waals surface area contributed by atoms with E-state index in [0.717, 1.165) is 9.86 Å². The monoisotopic (exact) mass is 370 g/mol. The third-order valence-electron chi connectivity index (χ3n) is 3.02. The molecule has 0 aliphatic heterocycles. The van der Waals surface area contributed by atoms with E-state index in [-0.39, 0.29) is 0 Å². The zero-order valence-corrected chi connectivity index (χ0v) is 13.2. The van der Waals surface area contributed by atoms with Crippen molar-refractivity contribution >= 4 is 50.1 Å². The molecule has 1 heterocycles. The summed E-state index contributed by atoms with van der Waals surface area (Å²) in [5.74, 6) is 0.449. The lowest BCUT2D eigenvalue weighted by Gasteiger charge is -2.10. The van der Waals surface area contributed by atoms with Gasteiger partial charge in [-0.3, -0.25) is 0 Å². The quantitative estimate of drug-likeness (QED) is 0.637. The van der Waals surface area contributed by atoms with Crippen LogP contribution in [0, 0.1) is 0 Å². The van der Waals surface area contributed by atoms with Gasteiger partial charge in [0.05, 0.1) is 0 Å². The summed E-state index contributed by atoms with van der Waals surface area (Å²) in [6, 6.07) is 12.3. The highest BCUT2D eigenvalue weighted by Gasteiger charge is 2.18. The highest BCUT2D eigenvalue weighted by Crippen LogP contribution is 2.34. The van der Waals surface area contributed by atoms with Gasteiger partial charge >= 0.3 is 0 Å². The molecule has 0 aliphatic rings. The number of aliphatic hydroxyl groups excluding tert-OH is 1. The molecule has 3 rings (SSSR count). The molecule has 3 aromatic rings. The average Bonchev–Trinajstić information content (AvgIpc) is 2.83. The van der Waals surface area contributed by atoms with Crippen molar-refractivity contribution in [2.24, 2.45) is 0 Å². The topological polar surface area (TPSA) is 33.4 Å². The molecule has 0 radical (unpaired) electrons. The van der Waals surface area contributed by atoms with Gasteiger partial charge in [-0.2, -0.15) is 0 Å². The minimum Gasteiger partial charge on any atom is -0.458 e. The predicted octanol–water partition coefficient (Wildman–Crippen LogP) is 5.58. The van der Waals surface area contributed by atoms with E-state index in [2.05, 4.69) is 15.9 Å². The first-order valence-corrected chi connectivity index (χ1v) is 7.41. The molecule has 20 heavy (non-hydrogen) atoms. The number of aliphatic hydroxyl groups is 1. The first-order chi connectivity index (χ1) is 9.54. The molecule has 1 aromatic heterocycles. The van der Waals surface area contributed by atoms with Crippen LogP contribution in [0.15, 0.2) is 51.4 Å². The molecule has 1 unspecified atom stereocenters. The van der Waals surface area contributed by atoms with Crippen LogP contribution in [0.25, 0.3) is 11.0 Å². The van der Waals surface area contributed by atoms with E-state index in [1.807, 2.05) is 0 Å². The van der Waals surface area contributed by atoms with Gasteiger partial charge in [0.15, 0.2) is 0 Å². The van der Waals surface area contributed by atoms with Crippen molar-refractivity contribution in [1.29, 1.82) is 0 Å². The first-order valence-electron chi connectivity index (χ1n) is 5.86. The maximum atomic E-state index is 10.5. The fourth-order valence-electron chi connectivity index (χ4n) is 2.05. The Labute approximate surface area is 134 Å². The molecule has 0 saturated carbocycles. The summed E-state index contributed by atoms with van der Waals surface area (Å²) in [7, 11) is 0. The smallest absolute Gasteiger partial charge is 0.138 e. The third kappa shape index (κ3) is 2.59. The van der Waals surface area contributed by atoms with Crippen LogP contribution in [0.3, 0.4) is 0 Å². The summed E-state index contributed by atoms with van der Waals surface area (Å²) < 4.78 is 6.43. The molecule has 0 amide bonds. The van der Waals surface area contributed by atoms with Crippen molar-refractivity contribution in [3.8, 4) is 0 Å². The lowest BCUT2D eigenvalue weighted by Crippen LogP contribution is -1.99. The zero-order valence-electron chi connectivity index (χ0n) is 10.1. The largest absolute Gasteiger partial charge is 0.458 e. The van der Waals surface area contributed by atoms with E-state index in [9.17, 15) is 5.11 Å². The molecule has 0 fully saturated rings. The Kier molecular flexibility index (Phi) is 3.78. The summed E-state index contributed by atoms with van der Waals surface area (Å²) in [6.07, 6.45) is -0.894. The summed E-state index contributed by atoms with van der Waals surface area (Å²) in [4.78, 5) is 0. The van der Waals surface area contributed by atoms with Crippen LogP contribution in [-0.2, 0) is 0 Å². The minimum atomic E-state index is -0.894. The number of benzene rings is 2. The fourth-order valence-corrected chi connectivity index (χ4v) is 2.87. The number of halogens is 3.